The van der Waals surface area contributed by atoms with Gasteiger partial charge in [-0.3, -0.25) is 14.6 Å². The molecule has 1 aromatic carbocycles. The van der Waals surface area contributed by atoms with Crippen LogP contribution in [0.1, 0.15) is 26.5 Å². The maximum Gasteiger partial charge on any atom is 0.323 e. The summed E-state index contributed by atoms with van der Waals surface area (Å²) in [6.07, 6.45) is 1.51. The fourth-order valence-electron chi connectivity index (χ4n) is 2.59. The quantitative estimate of drug-likeness (QED) is 0.580. The predicted octanol–water partition coefficient (Wildman–Crippen LogP) is 3.70. The highest BCUT2D eigenvalue weighted by molar-refractivity contribution is 5.99. The zero-order valence-electron chi connectivity index (χ0n) is 16.4. The van der Waals surface area contributed by atoms with Crippen molar-refractivity contribution in [3.05, 3.63) is 48.0 Å². The minimum absolute atomic E-state index is 0.112. The van der Waals surface area contributed by atoms with Gasteiger partial charge in [-0.1, -0.05) is 0 Å². The highest BCUT2D eigenvalue weighted by Gasteiger charge is 2.32. The number of aryl methyl sites for hydroxylation is 1. The standard InChI is InChI=1S/C19H23FN4O4/c1-12-6-7-15(11-21-12)22-18(26)23-16-8-14(20)9-17(10-16)28-19(3,4)24(27-5)13(2)25/h6-11H,1-5H3,(H2,22,23,26). The van der Waals surface area contributed by atoms with Crippen molar-refractivity contribution >= 4 is 23.3 Å². The number of anilines is 2. The molecule has 0 atom stereocenters. The molecule has 2 rings (SSSR count). The van der Waals surface area contributed by atoms with E-state index in [0.29, 0.717) is 5.69 Å². The van der Waals surface area contributed by atoms with E-state index in [1.807, 2.05) is 6.92 Å². The topological polar surface area (TPSA) is 92.8 Å². The normalized spacial score (nSPS) is 10.9. The Labute approximate surface area is 162 Å². The van der Waals surface area contributed by atoms with Gasteiger partial charge in [0.15, 0.2) is 0 Å². The number of carbonyl (C=O) groups excluding carboxylic acids is 2. The molecule has 0 unspecified atom stereocenters. The summed E-state index contributed by atoms with van der Waals surface area (Å²) in [7, 11) is 1.33. The van der Waals surface area contributed by atoms with Crippen molar-refractivity contribution in [1.29, 1.82) is 0 Å². The number of hydrogen-bond donors (Lipinski definition) is 2. The summed E-state index contributed by atoms with van der Waals surface area (Å²) in [5.74, 6) is -0.888. The Bertz CT molecular complexity index is 856. The van der Waals surface area contributed by atoms with E-state index in [2.05, 4.69) is 15.6 Å². The Kier molecular flexibility index (Phi) is 6.53. The van der Waals surface area contributed by atoms with Gasteiger partial charge in [-0.05, 0) is 39.0 Å². The fourth-order valence-corrected chi connectivity index (χ4v) is 2.59. The van der Waals surface area contributed by atoms with Crippen molar-refractivity contribution in [3.63, 3.8) is 0 Å². The molecular weight excluding hydrogens is 367 g/mol. The molecular formula is C19H23FN4O4. The first kappa shape index (κ1) is 21.1. The minimum Gasteiger partial charge on any atom is -0.466 e. The summed E-state index contributed by atoms with van der Waals surface area (Å²) in [4.78, 5) is 32.9. The second kappa shape index (κ2) is 8.66. The van der Waals surface area contributed by atoms with E-state index in [4.69, 9.17) is 9.57 Å². The van der Waals surface area contributed by atoms with Crippen LogP contribution in [0.3, 0.4) is 0 Å². The van der Waals surface area contributed by atoms with Gasteiger partial charge in [-0.25, -0.2) is 9.18 Å². The predicted molar refractivity (Wildman–Crippen MR) is 102 cm³/mol. The number of pyridine rings is 1. The number of nitrogens with one attached hydrogen (secondary N) is 2. The number of hydrogen-bond acceptors (Lipinski definition) is 5. The second-order valence-electron chi connectivity index (χ2n) is 6.49. The molecule has 3 amide bonds. The molecule has 0 radical (unpaired) electrons. The lowest BCUT2D eigenvalue weighted by molar-refractivity contribution is -0.242. The van der Waals surface area contributed by atoms with Gasteiger partial charge in [0.1, 0.15) is 11.6 Å². The van der Waals surface area contributed by atoms with Crippen LogP contribution in [-0.2, 0) is 9.63 Å². The third-order valence-electron chi connectivity index (χ3n) is 3.62. The van der Waals surface area contributed by atoms with Gasteiger partial charge in [0.25, 0.3) is 0 Å². The monoisotopic (exact) mass is 390 g/mol. The zero-order valence-corrected chi connectivity index (χ0v) is 16.4. The van der Waals surface area contributed by atoms with E-state index in [-0.39, 0.29) is 17.3 Å². The molecule has 0 spiro atoms. The fraction of sp³-hybridized carbons (Fsp3) is 0.316. The number of rotatable bonds is 6. The largest absolute Gasteiger partial charge is 0.466 e. The van der Waals surface area contributed by atoms with Crippen LogP contribution in [0.25, 0.3) is 0 Å². The number of benzene rings is 1. The Morgan fingerprint density at radius 1 is 1.14 bits per heavy atom. The van der Waals surface area contributed by atoms with Gasteiger partial charge in [-0.2, -0.15) is 5.06 Å². The van der Waals surface area contributed by atoms with E-state index >= 15 is 0 Å². The highest BCUT2D eigenvalue weighted by Crippen LogP contribution is 2.26. The number of urea groups is 1. The summed E-state index contributed by atoms with van der Waals surface area (Å²) in [5, 5.41) is 6.14. The van der Waals surface area contributed by atoms with Crippen molar-refractivity contribution in [3.8, 4) is 5.75 Å². The maximum atomic E-state index is 14.0. The first-order chi connectivity index (χ1) is 13.1. The van der Waals surface area contributed by atoms with Gasteiger partial charge in [0, 0.05) is 30.4 Å². The molecule has 0 aliphatic heterocycles. The Morgan fingerprint density at radius 3 is 2.39 bits per heavy atom. The van der Waals surface area contributed by atoms with Crippen LogP contribution in [0, 0.1) is 12.7 Å². The number of amides is 3. The molecule has 0 saturated carbocycles. The van der Waals surface area contributed by atoms with Gasteiger partial charge in [0.2, 0.25) is 11.6 Å². The molecule has 0 fully saturated rings. The number of nitrogens with zero attached hydrogens (tertiary/aromatic N) is 2. The average molecular weight is 390 g/mol. The molecule has 150 valence electrons. The summed E-state index contributed by atoms with van der Waals surface area (Å²) in [6.45, 7) is 6.33. The van der Waals surface area contributed by atoms with E-state index in [0.717, 1.165) is 22.9 Å². The molecule has 0 bridgehead atoms. The molecule has 0 saturated heterocycles. The van der Waals surface area contributed by atoms with Crippen LogP contribution in [0.15, 0.2) is 36.5 Å². The number of aromatic nitrogens is 1. The molecule has 8 nitrogen and oxygen atoms in total. The van der Waals surface area contributed by atoms with Crippen LogP contribution < -0.4 is 15.4 Å². The molecule has 1 heterocycles. The van der Waals surface area contributed by atoms with Crippen LogP contribution >= 0.6 is 0 Å². The summed E-state index contributed by atoms with van der Waals surface area (Å²) >= 11 is 0. The minimum atomic E-state index is -1.21. The third-order valence-corrected chi connectivity index (χ3v) is 3.62. The zero-order chi connectivity index (χ0) is 20.9. The lowest BCUT2D eigenvalue weighted by atomic mass is 10.2. The second-order valence-corrected chi connectivity index (χ2v) is 6.49. The Balaban J connectivity index is 2.12. The molecule has 0 aliphatic carbocycles. The van der Waals surface area contributed by atoms with Crippen LogP contribution in [0.2, 0.25) is 0 Å². The smallest absolute Gasteiger partial charge is 0.323 e. The first-order valence-corrected chi connectivity index (χ1v) is 8.46. The number of ether oxygens (including phenoxy) is 1. The third kappa shape index (κ3) is 5.65. The van der Waals surface area contributed by atoms with Crippen molar-refractivity contribution in [2.24, 2.45) is 0 Å². The van der Waals surface area contributed by atoms with E-state index in [1.165, 1.54) is 26.3 Å². The summed E-state index contributed by atoms with van der Waals surface area (Å²) in [5.41, 5.74) is 0.280. The number of halogens is 1. The van der Waals surface area contributed by atoms with Crippen LogP contribution in [0.4, 0.5) is 20.6 Å². The van der Waals surface area contributed by atoms with Gasteiger partial charge in [-0.15, -0.1) is 0 Å². The van der Waals surface area contributed by atoms with Crippen molar-refractivity contribution in [2.45, 2.75) is 33.4 Å². The molecule has 28 heavy (non-hydrogen) atoms. The van der Waals surface area contributed by atoms with Crippen LogP contribution in [-0.4, -0.2) is 34.8 Å². The first-order valence-electron chi connectivity index (χ1n) is 8.46. The van der Waals surface area contributed by atoms with Crippen LogP contribution in [0.5, 0.6) is 5.75 Å². The molecule has 1 aromatic heterocycles. The number of hydroxylamine groups is 2. The lowest BCUT2D eigenvalue weighted by Gasteiger charge is -2.35. The van der Waals surface area contributed by atoms with Gasteiger partial charge >= 0.3 is 6.03 Å². The SMILES string of the molecule is CON(C(C)=O)C(C)(C)Oc1cc(F)cc(NC(=O)Nc2ccc(C)nc2)c1. The lowest BCUT2D eigenvalue weighted by Crippen LogP contribution is -2.50. The Hall–Kier alpha value is -3.20. The van der Waals surface area contributed by atoms with E-state index in [1.54, 1.807) is 26.0 Å². The average Bonchev–Trinajstić information content (AvgIpc) is 2.55. The van der Waals surface area contributed by atoms with Gasteiger partial charge in [0.05, 0.1) is 19.0 Å². The number of carbonyl (C=O) groups is 2. The molecule has 2 N–H and O–H groups in total. The summed E-state index contributed by atoms with van der Waals surface area (Å²) < 4.78 is 19.7. The molecule has 0 aliphatic rings. The van der Waals surface area contributed by atoms with E-state index in [9.17, 15) is 14.0 Å². The van der Waals surface area contributed by atoms with Crippen molar-refractivity contribution in [1.82, 2.24) is 10.0 Å². The Morgan fingerprint density at radius 2 is 1.82 bits per heavy atom. The highest BCUT2D eigenvalue weighted by atomic mass is 19.1. The van der Waals surface area contributed by atoms with Crippen molar-refractivity contribution in [2.75, 3.05) is 17.7 Å². The maximum absolute atomic E-state index is 14.0. The molecule has 9 heteroatoms. The van der Waals surface area contributed by atoms with Crippen molar-refractivity contribution < 1.29 is 23.6 Å². The summed E-state index contributed by atoms with van der Waals surface area (Å²) in [6, 6.07) is 6.61. The van der Waals surface area contributed by atoms with E-state index < -0.39 is 17.6 Å². The van der Waals surface area contributed by atoms with Gasteiger partial charge < -0.3 is 15.4 Å². The molecule has 2 aromatic rings.